The molecule has 132 valence electrons. The number of hydrogen-bond donors (Lipinski definition) is 1. The minimum atomic E-state index is -0.485. The maximum Gasteiger partial charge on any atom is 0.267 e. The van der Waals surface area contributed by atoms with Crippen LogP contribution in [0.1, 0.15) is 15.9 Å². The molecule has 0 atom stereocenters. The van der Waals surface area contributed by atoms with Crippen molar-refractivity contribution < 1.29 is 9.90 Å². The van der Waals surface area contributed by atoms with Gasteiger partial charge in [-0.1, -0.05) is 18.2 Å². The van der Waals surface area contributed by atoms with Gasteiger partial charge < -0.3 is 14.6 Å². The molecule has 0 unspecified atom stereocenters. The third-order valence-corrected chi connectivity index (χ3v) is 5.65. The van der Waals surface area contributed by atoms with Crippen LogP contribution < -0.4 is 10.5 Å². The number of aromatic nitrogens is 1. The zero-order valence-corrected chi connectivity index (χ0v) is 15.3. The van der Waals surface area contributed by atoms with E-state index in [1.165, 1.54) is 16.3 Å². The minimum absolute atomic E-state index is 0.171. The van der Waals surface area contributed by atoms with Crippen molar-refractivity contribution in [2.75, 3.05) is 17.7 Å². The maximum atomic E-state index is 13.1. The molecular weight excluding hydrogens is 348 g/mol. The lowest BCUT2D eigenvalue weighted by atomic mass is 10.1. The van der Waals surface area contributed by atoms with Gasteiger partial charge in [-0.25, -0.2) is 0 Å². The van der Waals surface area contributed by atoms with Crippen LogP contribution in [0.3, 0.4) is 0 Å². The molecule has 0 aliphatic carbocycles. The number of thioether (sulfide) groups is 1. The fourth-order valence-corrected chi connectivity index (χ4v) is 3.95. The highest BCUT2D eigenvalue weighted by Crippen LogP contribution is 2.33. The molecule has 2 aromatic carbocycles. The highest BCUT2D eigenvalue weighted by Gasteiger charge is 2.30. The van der Waals surface area contributed by atoms with Gasteiger partial charge >= 0.3 is 0 Å². The zero-order valence-electron chi connectivity index (χ0n) is 14.5. The number of aromatic hydroxyl groups is 1. The van der Waals surface area contributed by atoms with Crippen molar-refractivity contribution in [1.29, 1.82) is 0 Å². The molecule has 0 saturated carbocycles. The van der Waals surface area contributed by atoms with Gasteiger partial charge in [0, 0.05) is 29.6 Å². The Kier molecular flexibility index (Phi) is 4.00. The van der Waals surface area contributed by atoms with E-state index in [1.807, 2.05) is 42.7 Å². The molecule has 0 bridgehead atoms. The predicted octanol–water partition coefficient (Wildman–Crippen LogP) is 3.17. The first-order chi connectivity index (χ1) is 12.5. The van der Waals surface area contributed by atoms with E-state index >= 15 is 0 Å². The van der Waals surface area contributed by atoms with E-state index in [1.54, 1.807) is 18.0 Å². The second-order valence-corrected chi connectivity index (χ2v) is 7.19. The second-order valence-electron chi connectivity index (χ2n) is 6.31. The molecule has 1 amide bonds. The topological polar surface area (TPSA) is 62.5 Å². The smallest absolute Gasteiger partial charge is 0.267 e. The average Bonchev–Trinajstić information content (AvgIpc) is 3.10. The Balaban J connectivity index is 1.92. The molecule has 0 spiro atoms. The van der Waals surface area contributed by atoms with Crippen LogP contribution in [0, 0.1) is 0 Å². The highest BCUT2D eigenvalue weighted by atomic mass is 32.2. The Morgan fingerprint density at radius 1 is 1.19 bits per heavy atom. The summed E-state index contributed by atoms with van der Waals surface area (Å²) in [5.74, 6) is -0.696. The van der Waals surface area contributed by atoms with Crippen molar-refractivity contribution in [3.63, 3.8) is 0 Å². The molecule has 2 heterocycles. The van der Waals surface area contributed by atoms with Gasteiger partial charge in [0.2, 0.25) is 0 Å². The van der Waals surface area contributed by atoms with Crippen molar-refractivity contribution in [2.24, 2.45) is 7.05 Å². The standard InChI is InChI=1S/C20H18N2O3S/c1-21-16-8-7-13(26-2)11-14(16)18(23)17(19(21)24)20(25)22-10-9-12-5-3-4-6-15(12)22/h3-8,11,23H,9-10H2,1-2H3. The summed E-state index contributed by atoms with van der Waals surface area (Å²) < 4.78 is 1.42. The van der Waals surface area contributed by atoms with Gasteiger partial charge in [-0.2, -0.15) is 0 Å². The monoisotopic (exact) mass is 366 g/mol. The second kappa shape index (κ2) is 6.21. The summed E-state index contributed by atoms with van der Waals surface area (Å²) >= 11 is 1.54. The van der Waals surface area contributed by atoms with Gasteiger partial charge in [-0.05, 0) is 42.5 Å². The summed E-state index contributed by atoms with van der Waals surface area (Å²) in [5.41, 5.74) is 1.82. The Morgan fingerprint density at radius 3 is 2.73 bits per heavy atom. The summed E-state index contributed by atoms with van der Waals surface area (Å²) in [7, 11) is 1.62. The zero-order chi connectivity index (χ0) is 18.4. The number of fused-ring (bicyclic) bond motifs is 2. The summed E-state index contributed by atoms with van der Waals surface area (Å²) in [6.45, 7) is 0.504. The van der Waals surface area contributed by atoms with Crippen molar-refractivity contribution in [3.8, 4) is 5.75 Å². The Labute approximate surface area is 154 Å². The summed E-state index contributed by atoms with van der Waals surface area (Å²) in [4.78, 5) is 28.5. The van der Waals surface area contributed by atoms with E-state index in [0.717, 1.165) is 22.6 Å². The molecule has 1 aliphatic rings. The molecule has 0 saturated heterocycles. The van der Waals surface area contributed by atoms with Crippen molar-refractivity contribution in [2.45, 2.75) is 11.3 Å². The first-order valence-corrected chi connectivity index (χ1v) is 9.55. The van der Waals surface area contributed by atoms with Crippen LogP contribution in [-0.4, -0.2) is 28.4 Å². The van der Waals surface area contributed by atoms with E-state index in [9.17, 15) is 14.7 Å². The lowest BCUT2D eigenvalue weighted by Gasteiger charge is -2.19. The number of pyridine rings is 1. The third kappa shape index (κ3) is 2.41. The van der Waals surface area contributed by atoms with Crippen LogP contribution >= 0.6 is 11.8 Å². The molecule has 26 heavy (non-hydrogen) atoms. The normalized spacial score (nSPS) is 13.2. The Morgan fingerprint density at radius 2 is 1.96 bits per heavy atom. The number of para-hydroxylation sites is 1. The number of carbonyl (C=O) groups excluding carboxylic acids is 1. The number of nitrogens with zero attached hydrogens (tertiary/aromatic N) is 2. The van der Waals surface area contributed by atoms with E-state index in [-0.39, 0.29) is 11.3 Å². The number of anilines is 1. The van der Waals surface area contributed by atoms with Crippen LogP contribution in [0.5, 0.6) is 5.75 Å². The van der Waals surface area contributed by atoms with E-state index in [0.29, 0.717) is 17.4 Å². The van der Waals surface area contributed by atoms with Crippen molar-refractivity contribution >= 4 is 34.3 Å². The molecule has 1 aromatic heterocycles. The highest BCUT2D eigenvalue weighted by molar-refractivity contribution is 7.98. The fourth-order valence-electron chi connectivity index (χ4n) is 3.51. The number of amides is 1. The van der Waals surface area contributed by atoms with Gasteiger partial charge in [0.25, 0.3) is 11.5 Å². The molecule has 1 aliphatic heterocycles. The molecule has 0 radical (unpaired) electrons. The quantitative estimate of drug-likeness (QED) is 0.708. The first kappa shape index (κ1) is 16.7. The molecule has 1 N–H and O–H groups in total. The fraction of sp³-hybridized carbons (Fsp3) is 0.200. The molecule has 5 nitrogen and oxygen atoms in total. The number of rotatable bonds is 2. The lowest BCUT2D eigenvalue weighted by molar-refractivity contribution is 0.0985. The minimum Gasteiger partial charge on any atom is -0.506 e. The Hall–Kier alpha value is -2.73. The average molecular weight is 366 g/mol. The van der Waals surface area contributed by atoms with Crippen LogP contribution in [-0.2, 0) is 13.5 Å². The largest absolute Gasteiger partial charge is 0.506 e. The molecule has 0 fully saturated rings. The molecule has 3 aromatic rings. The van der Waals surface area contributed by atoms with Gasteiger partial charge in [-0.3, -0.25) is 9.59 Å². The summed E-state index contributed by atoms with van der Waals surface area (Å²) in [6, 6.07) is 13.1. The van der Waals surface area contributed by atoms with Crippen molar-refractivity contribution in [1.82, 2.24) is 4.57 Å². The van der Waals surface area contributed by atoms with Gasteiger partial charge in [0.15, 0.2) is 0 Å². The molecule has 6 heteroatoms. The summed E-state index contributed by atoms with van der Waals surface area (Å²) in [6.07, 6.45) is 2.68. The number of aryl methyl sites for hydroxylation is 1. The van der Waals surface area contributed by atoms with Crippen LogP contribution in [0.2, 0.25) is 0 Å². The van der Waals surface area contributed by atoms with Crippen LogP contribution in [0.25, 0.3) is 10.9 Å². The summed E-state index contributed by atoms with van der Waals surface area (Å²) in [5, 5.41) is 11.3. The van der Waals surface area contributed by atoms with Crippen LogP contribution in [0.4, 0.5) is 5.69 Å². The van der Waals surface area contributed by atoms with Gasteiger partial charge in [-0.15, -0.1) is 11.8 Å². The Bertz CT molecular complexity index is 1100. The molecular formula is C20H18N2O3S. The third-order valence-electron chi connectivity index (χ3n) is 4.92. The van der Waals surface area contributed by atoms with Crippen molar-refractivity contribution in [3.05, 3.63) is 63.9 Å². The SMILES string of the molecule is CSc1ccc2c(c1)c(O)c(C(=O)N1CCc3ccccc31)c(=O)n2C. The van der Waals surface area contributed by atoms with E-state index in [4.69, 9.17) is 0 Å². The van der Waals surface area contributed by atoms with E-state index < -0.39 is 11.5 Å². The predicted molar refractivity (Wildman–Crippen MR) is 104 cm³/mol. The lowest BCUT2D eigenvalue weighted by Crippen LogP contribution is -2.35. The number of carbonyl (C=O) groups is 1. The number of hydrogen-bond acceptors (Lipinski definition) is 4. The molecule has 4 rings (SSSR count). The van der Waals surface area contributed by atoms with Gasteiger partial charge in [0.1, 0.15) is 11.3 Å². The van der Waals surface area contributed by atoms with Gasteiger partial charge in [0.05, 0.1) is 5.52 Å². The van der Waals surface area contributed by atoms with Crippen LogP contribution in [0.15, 0.2) is 52.2 Å². The number of benzene rings is 2. The maximum absolute atomic E-state index is 13.1. The first-order valence-electron chi connectivity index (χ1n) is 8.32. The van der Waals surface area contributed by atoms with E-state index in [2.05, 4.69) is 0 Å².